The molecule has 1 N–H and O–H groups in total. The summed E-state index contributed by atoms with van der Waals surface area (Å²) in [5.41, 5.74) is 0. The molecule has 2 nitrogen and oxygen atoms in total. The molecule has 2 heteroatoms. The third kappa shape index (κ3) is 3.48. The van der Waals surface area contributed by atoms with Crippen LogP contribution in [0.1, 0.15) is 53.4 Å². The molecule has 2 unspecified atom stereocenters. The Morgan fingerprint density at radius 2 is 1.67 bits per heavy atom. The van der Waals surface area contributed by atoms with Gasteiger partial charge < -0.3 is 10.2 Å². The van der Waals surface area contributed by atoms with E-state index in [1.807, 2.05) is 0 Å². The number of nitrogens with one attached hydrogen (secondary N) is 1. The van der Waals surface area contributed by atoms with E-state index in [0.717, 1.165) is 23.8 Å². The molecule has 0 radical (unpaired) electrons. The Bertz CT molecular complexity index is 241. The minimum Gasteiger partial charge on any atom is -0.314 e. The van der Waals surface area contributed by atoms with Crippen molar-refractivity contribution >= 4 is 0 Å². The molecule has 0 aromatic rings. The number of hydrogen-bond acceptors (Lipinski definition) is 2. The minimum absolute atomic E-state index is 0.637. The molecule has 106 valence electrons. The molecule has 0 aromatic carbocycles. The first-order chi connectivity index (χ1) is 8.58. The summed E-state index contributed by atoms with van der Waals surface area (Å²) < 4.78 is 0. The quantitative estimate of drug-likeness (QED) is 0.809. The largest absolute Gasteiger partial charge is 0.314 e. The molecule has 0 spiro atoms. The van der Waals surface area contributed by atoms with Crippen LogP contribution in [0.5, 0.6) is 0 Å². The average molecular weight is 252 g/mol. The van der Waals surface area contributed by atoms with Gasteiger partial charge >= 0.3 is 0 Å². The Kier molecular flexibility index (Phi) is 5.08. The van der Waals surface area contributed by atoms with Crippen LogP contribution in [-0.2, 0) is 0 Å². The number of hydrogen-bond donors (Lipinski definition) is 1. The molecule has 18 heavy (non-hydrogen) atoms. The maximum Gasteiger partial charge on any atom is 0.0136 e. The number of likely N-dealkylation sites (tertiary alicyclic amines) is 1. The Hall–Kier alpha value is -0.0800. The van der Waals surface area contributed by atoms with Crippen LogP contribution in [0.15, 0.2) is 0 Å². The summed E-state index contributed by atoms with van der Waals surface area (Å²) in [5.74, 6) is 2.78. The van der Waals surface area contributed by atoms with Gasteiger partial charge in [-0.3, -0.25) is 0 Å². The fourth-order valence-electron chi connectivity index (χ4n) is 3.58. The zero-order valence-electron chi connectivity index (χ0n) is 12.8. The van der Waals surface area contributed by atoms with Crippen molar-refractivity contribution in [3.05, 3.63) is 0 Å². The minimum atomic E-state index is 0.637. The summed E-state index contributed by atoms with van der Waals surface area (Å²) in [7, 11) is 0. The van der Waals surface area contributed by atoms with Crippen molar-refractivity contribution in [3.8, 4) is 0 Å². The van der Waals surface area contributed by atoms with Gasteiger partial charge in [-0.05, 0) is 63.1 Å². The summed E-state index contributed by atoms with van der Waals surface area (Å²) in [6.07, 6.45) is 5.74. The van der Waals surface area contributed by atoms with Crippen molar-refractivity contribution in [2.75, 3.05) is 19.6 Å². The first kappa shape index (κ1) is 14.3. The predicted molar refractivity (Wildman–Crippen MR) is 78.8 cm³/mol. The summed E-state index contributed by atoms with van der Waals surface area (Å²) >= 11 is 0. The lowest BCUT2D eigenvalue weighted by atomic mass is 9.76. The maximum absolute atomic E-state index is 3.62. The first-order valence-electron chi connectivity index (χ1n) is 8.05. The van der Waals surface area contributed by atoms with E-state index in [1.54, 1.807) is 0 Å². The molecule has 0 bridgehead atoms. The second-order valence-corrected chi connectivity index (χ2v) is 7.09. The fraction of sp³-hybridized carbons (Fsp3) is 1.00. The monoisotopic (exact) mass is 252 g/mol. The predicted octanol–water partition coefficient (Wildman–Crippen LogP) is 3.13. The maximum atomic E-state index is 3.62. The van der Waals surface area contributed by atoms with Gasteiger partial charge in [-0.15, -0.1) is 0 Å². The highest BCUT2D eigenvalue weighted by atomic mass is 15.2. The van der Waals surface area contributed by atoms with Crippen LogP contribution in [0.25, 0.3) is 0 Å². The molecule has 1 aliphatic carbocycles. The molecule has 1 saturated carbocycles. The first-order valence-corrected chi connectivity index (χ1v) is 8.05. The highest BCUT2D eigenvalue weighted by molar-refractivity contribution is 4.92. The number of nitrogens with zero attached hydrogens (tertiary/aromatic N) is 1. The van der Waals surface area contributed by atoms with Crippen molar-refractivity contribution in [2.45, 2.75) is 65.5 Å². The van der Waals surface area contributed by atoms with Crippen LogP contribution in [0, 0.1) is 17.8 Å². The SMILES string of the molecule is CC(C)NCC1CCC1N1CCC(C(C)C)CC1. The van der Waals surface area contributed by atoms with Gasteiger partial charge in [-0.1, -0.05) is 27.7 Å². The molecule has 2 aliphatic rings. The molecule has 2 atom stereocenters. The lowest BCUT2D eigenvalue weighted by molar-refractivity contribution is 0.0274. The second kappa shape index (κ2) is 6.38. The third-order valence-electron chi connectivity index (χ3n) is 5.15. The fourth-order valence-corrected chi connectivity index (χ4v) is 3.58. The molecule has 1 saturated heterocycles. The van der Waals surface area contributed by atoms with Crippen LogP contribution >= 0.6 is 0 Å². The Balaban J connectivity index is 1.73. The molecule has 1 aliphatic heterocycles. The van der Waals surface area contributed by atoms with Crippen LogP contribution < -0.4 is 5.32 Å². The van der Waals surface area contributed by atoms with Crippen molar-refractivity contribution in [1.82, 2.24) is 10.2 Å². The topological polar surface area (TPSA) is 15.3 Å². The Morgan fingerprint density at radius 1 is 1.00 bits per heavy atom. The lowest BCUT2D eigenvalue weighted by Crippen LogP contribution is -2.53. The van der Waals surface area contributed by atoms with Gasteiger partial charge in [-0.2, -0.15) is 0 Å². The standard InChI is InChI=1S/C16H32N2/c1-12(2)14-7-9-18(10-8-14)16-6-5-15(16)11-17-13(3)4/h12-17H,5-11H2,1-4H3. The molecule has 2 rings (SSSR count). The van der Waals surface area contributed by atoms with Crippen LogP contribution in [0.3, 0.4) is 0 Å². The van der Waals surface area contributed by atoms with Crippen molar-refractivity contribution in [1.29, 1.82) is 0 Å². The van der Waals surface area contributed by atoms with Crippen molar-refractivity contribution < 1.29 is 0 Å². The molecule has 0 amide bonds. The van der Waals surface area contributed by atoms with E-state index < -0.39 is 0 Å². The molecular weight excluding hydrogens is 220 g/mol. The third-order valence-corrected chi connectivity index (χ3v) is 5.15. The lowest BCUT2D eigenvalue weighted by Gasteiger charge is -2.48. The second-order valence-electron chi connectivity index (χ2n) is 7.09. The normalized spacial score (nSPS) is 31.0. The van der Waals surface area contributed by atoms with Crippen molar-refractivity contribution in [2.24, 2.45) is 17.8 Å². The van der Waals surface area contributed by atoms with E-state index in [4.69, 9.17) is 0 Å². The molecule has 1 heterocycles. The average Bonchev–Trinajstić information content (AvgIpc) is 2.28. The molecule has 0 aromatic heterocycles. The molecule has 2 fully saturated rings. The van der Waals surface area contributed by atoms with Gasteiger partial charge in [0.15, 0.2) is 0 Å². The van der Waals surface area contributed by atoms with E-state index in [-0.39, 0.29) is 0 Å². The van der Waals surface area contributed by atoms with E-state index in [9.17, 15) is 0 Å². The van der Waals surface area contributed by atoms with Gasteiger partial charge in [0.05, 0.1) is 0 Å². The summed E-state index contributed by atoms with van der Waals surface area (Å²) in [5, 5.41) is 3.62. The van der Waals surface area contributed by atoms with Crippen molar-refractivity contribution in [3.63, 3.8) is 0 Å². The highest BCUT2D eigenvalue weighted by Crippen LogP contribution is 2.35. The zero-order valence-corrected chi connectivity index (χ0v) is 12.8. The van der Waals surface area contributed by atoms with E-state index >= 15 is 0 Å². The zero-order chi connectivity index (χ0) is 13.1. The van der Waals surface area contributed by atoms with E-state index in [1.165, 1.54) is 45.3 Å². The van der Waals surface area contributed by atoms with Gasteiger partial charge in [0, 0.05) is 12.1 Å². The summed E-state index contributed by atoms with van der Waals surface area (Å²) in [6.45, 7) is 13.2. The Morgan fingerprint density at radius 3 is 2.11 bits per heavy atom. The summed E-state index contributed by atoms with van der Waals surface area (Å²) in [6, 6.07) is 1.53. The van der Waals surface area contributed by atoms with E-state index in [0.29, 0.717) is 6.04 Å². The van der Waals surface area contributed by atoms with E-state index in [2.05, 4.69) is 37.9 Å². The smallest absolute Gasteiger partial charge is 0.0136 e. The van der Waals surface area contributed by atoms with Crippen LogP contribution in [0.2, 0.25) is 0 Å². The van der Waals surface area contributed by atoms with Crippen LogP contribution in [-0.4, -0.2) is 36.6 Å². The summed E-state index contributed by atoms with van der Waals surface area (Å²) in [4.78, 5) is 2.79. The van der Waals surface area contributed by atoms with Gasteiger partial charge in [0.25, 0.3) is 0 Å². The Labute approximate surface area is 114 Å². The van der Waals surface area contributed by atoms with Crippen LogP contribution in [0.4, 0.5) is 0 Å². The van der Waals surface area contributed by atoms with Gasteiger partial charge in [0.1, 0.15) is 0 Å². The number of piperidine rings is 1. The highest BCUT2D eigenvalue weighted by Gasteiger charge is 2.36. The van der Waals surface area contributed by atoms with Gasteiger partial charge in [0.2, 0.25) is 0 Å². The number of rotatable bonds is 5. The molecular formula is C16H32N2. The van der Waals surface area contributed by atoms with Gasteiger partial charge in [-0.25, -0.2) is 0 Å².